The van der Waals surface area contributed by atoms with Gasteiger partial charge < -0.3 is 10.0 Å². The highest BCUT2D eigenvalue weighted by Crippen LogP contribution is 2.26. The maximum absolute atomic E-state index is 13.0. The summed E-state index contributed by atoms with van der Waals surface area (Å²) in [5, 5.41) is 9.30. The normalized spacial score (nSPS) is 23.4. The van der Waals surface area contributed by atoms with Gasteiger partial charge >= 0.3 is 0 Å². The van der Waals surface area contributed by atoms with E-state index in [0.717, 1.165) is 55.9 Å². The smallest absolute Gasteiger partial charge is 0.255 e. The van der Waals surface area contributed by atoms with E-state index in [-0.39, 0.29) is 5.91 Å². The van der Waals surface area contributed by atoms with Gasteiger partial charge in [-0.25, -0.2) is 0 Å². The van der Waals surface area contributed by atoms with Crippen molar-refractivity contribution in [1.29, 1.82) is 0 Å². The second-order valence-electron chi connectivity index (χ2n) is 6.91. The van der Waals surface area contributed by atoms with Crippen LogP contribution < -0.4 is 0 Å². The van der Waals surface area contributed by atoms with Crippen molar-refractivity contribution in [1.82, 2.24) is 9.80 Å². The number of hydrogen-bond donors (Lipinski definition) is 1. The molecule has 0 spiro atoms. The van der Waals surface area contributed by atoms with Gasteiger partial charge in [0.25, 0.3) is 5.91 Å². The number of piperidine rings is 2. The minimum Gasteiger partial charge on any atom is -0.396 e. The van der Waals surface area contributed by atoms with E-state index in [1.807, 2.05) is 35.4 Å². The van der Waals surface area contributed by atoms with Gasteiger partial charge in [0.15, 0.2) is 0 Å². The molecule has 0 saturated carbocycles. The third-order valence-electron chi connectivity index (χ3n) is 5.44. The number of aliphatic hydroxyl groups is 1. The molecule has 0 aliphatic carbocycles. The molecule has 4 nitrogen and oxygen atoms in total. The fourth-order valence-corrected chi connectivity index (χ4v) is 4.52. The number of rotatable bonds is 4. The molecule has 24 heavy (non-hydrogen) atoms. The summed E-state index contributed by atoms with van der Waals surface area (Å²) >= 11 is 1.64. The standard InChI is InChI=1S/C19H28N2O2S/c1-24-18-7-3-2-6-17(18)19(23)21-10-4-5-16(13-21)20-11-8-15(14-22)9-12-20/h2-3,6-7,15-16,22H,4-5,8-14H2,1H3/t16-/m1/s1. The predicted octanol–water partition coefficient (Wildman–Crippen LogP) is 2.72. The Kier molecular flexibility index (Phi) is 6.19. The third-order valence-corrected chi connectivity index (χ3v) is 6.24. The van der Waals surface area contributed by atoms with Crippen LogP contribution >= 0.6 is 11.8 Å². The Morgan fingerprint density at radius 3 is 2.67 bits per heavy atom. The summed E-state index contributed by atoms with van der Waals surface area (Å²) in [6, 6.07) is 8.40. The van der Waals surface area contributed by atoms with Gasteiger partial charge in [-0.2, -0.15) is 0 Å². The average molecular weight is 349 g/mol. The van der Waals surface area contributed by atoms with Gasteiger partial charge in [-0.1, -0.05) is 12.1 Å². The van der Waals surface area contributed by atoms with Crippen LogP contribution in [-0.4, -0.2) is 65.9 Å². The molecule has 0 aromatic heterocycles. The van der Waals surface area contributed by atoms with Crippen molar-refractivity contribution in [2.75, 3.05) is 39.0 Å². The molecule has 1 aromatic rings. The molecular formula is C19H28N2O2S. The molecule has 2 aliphatic heterocycles. The number of thioether (sulfide) groups is 1. The summed E-state index contributed by atoms with van der Waals surface area (Å²) in [5.41, 5.74) is 0.838. The van der Waals surface area contributed by atoms with Crippen LogP contribution in [0.2, 0.25) is 0 Å². The number of likely N-dealkylation sites (tertiary alicyclic amines) is 2. The molecule has 1 atom stereocenters. The fourth-order valence-electron chi connectivity index (χ4n) is 3.93. The molecule has 2 fully saturated rings. The zero-order valence-corrected chi connectivity index (χ0v) is 15.3. The van der Waals surface area contributed by atoms with Crippen LogP contribution in [0.4, 0.5) is 0 Å². The SMILES string of the molecule is CSc1ccccc1C(=O)N1CCC[C@@H](N2CCC(CO)CC2)C1. The molecule has 2 aliphatic rings. The molecule has 1 aromatic carbocycles. The molecule has 132 valence electrons. The first-order valence-corrected chi connectivity index (χ1v) is 10.2. The Bertz CT molecular complexity index is 558. The van der Waals surface area contributed by atoms with Crippen molar-refractivity contribution >= 4 is 17.7 Å². The summed E-state index contributed by atoms with van der Waals surface area (Å²) in [5.74, 6) is 0.644. The van der Waals surface area contributed by atoms with Crippen LogP contribution in [0.1, 0.15) is 36.0 Å². The molecule has 5 heteroatoms. The van der Waals surface area contributed by atoms with E-state index in [1.54, 1.807) is 11.8 Å². The predicted molar refractivity (Wildman–Crippen MR) is 98.5 cm³/mol. The summed E-state index contributed by atoms with van der Waals surface area (Å²) in [7, 11) is 0. The van der Waals surface area contributed by atoms with Crippen molar-refractivity contribution in [3.05, 3.63) is 29.8 Å². The Hall–Kier alpha value is -1.04. The number of nitrogens with zero attached hydrogens (tertiary/aromatic N) is 2. The Morgan fingerprint density at radius 2 is 1.96 bits per heavy atom. The third kappa shape index (κ3) is 3.95. The van der Waals surface area contributed by atoms with E-state index < -0.39 is 0 Å². The number of benzene rings is 1. The molecule has 0 bridgehead atoms. The summed E-state index contributed by atoms with van der Waals surface area (Å²) < 4.78 is 0. The highest BCUT2D eigenvalue weighted by atomic mass is 32.2. The quantitative estimate of drug-likeness (QED) is 0.850. The summed E-state index contributed by atoms with van der Waals surface area (Å²) in [6.45, 7) is 4.13. The number of carbonyl (C=O) groups is 1. The van der Waals surface area contributed by atoms with Gasteiger partial charge in [-0.15, -0.1) is 11.8 Å². The van der Waals surface area contributed by atoms with Gasteiger partial charge in [-0.05, 0) is 63.1 Å². The van der Waals surface area contributed by atoms with Gasteiger partial charge in [0, 0.05) is 30.6 Å². The van der Waals surface area contributed by atoms with E-state index >= 15 is 0 Å². The number of hydrogen-bond acceptors (Lipinski definition) is 4. The van der Waals surface area contributed by atoms with Crippen molar-refractivity contribution in [3.63, 3.8) is 0 Å². The van der Waals surface area contributed by atoms with Gasteiger partial charge in [0.2, 0.25) is 0 Å². The van der Waals surface area contributed by atoms with E-state index in [9.17, 15) is 9.90 Å². The highest BCUT2D eigenvalue weighted by molar-refractivity contribution is 7.98. The fraction of sp³-hybridized carbons (Fsp3) is 0.632. The number of amides is 1. The molecule has 2 saturated heterocycles. The Morgan fingerprint density at radius 1 is 1.21 bits per heavy atom. The van der Waals surface area contributed by atoms with Crippen molar-refractivity contribution in [2.45, 2.75) is 36.6 Å². The maximum atomic E-state index is 13.0. The number of aliphatic hydroxyl groups excluding tert-OH is 1. The Labute approximate surface area is 149 Å². The molecule has 3 rings (SSSR count). The minimum atomic E-state index is 0.176. The lowest BCUT2D eigenvalue weighted by Gasteiger charge is -2.42. The van der Waals surface area contributed by atoms with Crippen LogP contribution in [0.5, 0.6) is 0 Å². The maximum Gasteiger partial charge on any atom is 0.255 e. The summed E-state index contributed by atoms with van der Waals surface area (Å²) in [4.78, 5) is 18.6. The van der Waals surface area contributed by atoms with E-state index in [2.05, 4.69) is 4.90 Å². The monoisotopic (exact) mass is 348 g/mol. The lowest BCUT2D eigenvalue weighted by Crippen LogP contribution is -2.52. The lowest BCUT2D eigenvalue weighted by molar-refractivity contribution is 0.0443. The van der Waals surface area contributed by atoms with Crippen LogP contribution in [0, 0.1) is 5.92 Å². The van der Waals surface area contributed by atoms with Gasteiger partial charge in [-0.3, -0.25) is 9.69 Å². The average Bonchev–Trinajstić information content (AvgIpc) is 2.67. The second-order valence-corrected chi connectivity index (χ2v) is 7.76. The molecule has 1 amide bonds. The zero-order valence-electron chi connectivity index (χ0n) is 14.5. The topological polar surface area (TPSA) is 43.8 Å². The first-order valence-electron chi connectivity index (χ1n) is 9.00. The molecule has 1 N–H and O–H groups in total. The molecule has 0 unspecified atom stereocenters. The lowest BCUT2D eigenvalue weighted by atomic mass is 9.94. The van der Waals surface area contributed by atoms with Crippen molar-refractivity contribution < 1.29 is 9.90 Å². The molecule has 0 radical (unpaired) electrons. The first-order chi connectivity index (χ1) is 11.7. The molecular weight excluding hydrogens is 320 g/mol. The van der Waals surface area contributed by atoms with E-state index in [4.69, 9.17) is 0 Å². The zero-order chi connectivity index (χ0) is 16.9. The van der Waals surface area contributed by atoms with Crippen LogP contribution in [0.3, 0.4) is 0 Å². The van der Waals surface area contributed by atoms with Gasteiger partial charge in [0.1, 0.15) is 0 Å². The Balaban J connectivity index is 1.64. The van der Waals surface area contributed by atoms with Crippen LogP contribution in [0.15, 0.2) is 29.2 Å². The first kappa shape index (κ1) is 17.8. The highest BCUT2D eigenvalue weighted by Gasteiger charge is 2.31. The number of carbonyl (C=O) groups excluding carboxylic acids is 1. The van der Waals surface area contributed by atoms with E-state index in [0.29, 0.717) is 18.6 Å². The van der Waals surface area contributed by atoms with Gasteiger partial charge in [0.05, 0.1) is 5.56 Å². The van der Waals surface area contributed by atoms with E-state index in [1.165, 1.54) is 6.42 Å². The minimum absolute atomic E-state index is 0.176. The van der Waals surface area contributed by atoms with Crippen LogP contribution in [0.25, 0.3) is 0 Å². The van der Waals surface area contributed by atoms with Crippen molar-refractivity contribution in [3.8, 4) is 0 Å². The van der Waals surface area contributed by atoms with Crippen molar-refractivity contribution in [2.24, 2.45) is 5.92 Å². The summed E-state index contributed by atoms with van der Waals surface area (Å²) in [6.07, 6.45) is 6.44. The second kappa shape index (κ2) is 8.37. The van der Waals surface area contributed by atoms with Crippen LogP contribution in [-0.2, 0) is 0 Å². The largest absolute Gasteiger partial charge is 0.396 e. The molecule has 2 heterocycles.